The lowest BCUT2D eigenvalue weighted by Gasteiger charge is -2.26. The summed E-state index contributed by atoms with van der Waals surface area (Å²) in [6, 6.07) is 9.36. The Morgan fingerprint density at radius 1 is 1.26 bits per heavy atom. The molecule has 0 saturated heterocycles. The molecule has 126 valence electrons. The number of rotatable bonds is 6. The summed E-state index contributed by atoms with van der Waals surface area (Å²) < 4.78 is 1.21. The predicted molar refractivity (Wildman–Crippen MR) is 106 cm³/mol. The highest BCUT2D eigenvalue weighted by Crippen LogP contribution is 2.35. The second kappa shape index (κ2) is 8.59. The van der Waals surface area contributed by atoms with Crippen molar-refractivity contribution in [1.82, 2.24) is 5.32 Å². The number of halogens is 1. The third kappa shape index (κ3) is 5.01. The molecule has 1 saturated carbocycles. The van der Waals surface area contributed by atoms with Crippen LogP contribution in [0.2, 0.25) is 0 Å². The van der Waals surface area contributed by atoms with E-state index in [1.54, 1.807) is 0 Å². The fraction of sp³-hybridized carbons (Fsp3) is 0.579. The molecule has 1 aliphatic carbocycles. The first-order valence-electron chi connectivity index (χ1n) is 8.80. The topological polar surface area (TPSA) is 15.3 Å². The van der Waals surface area contributed by atoms with Gasteiger partial charge >= 0.3 is 0 Å². The first kappa shape index (κ1) is 17.4. The first-order chi connectivity index (χ1) is 11.2. The van der Waals surface area contributed by atoms with Crippen molar-refractivity contribution in [1.29, 1.82) is 0 Å². The number of hydrogen-bond acceptors (Lipinski definition) is 3. The molecule has 1 aromatic carbocycles. The molecule has 0 amide bonds. The molecule has 1 fully saturated rings. The van der Waals surface area contributed by atoms with Gasteiger partial charge in [-0.05, 0) is 46.8 Å². The lowest BCUT2D eigenvalue weighted by Crippen LogP contribution is -2.29. The number of anilines is 1. The number of hydrogen-bond donors (Lipinski definition) is 1. The van der Waals surface area contributed by atoms with E-state index in [0.717, 1.165) is 18.3 Å². The molecular formula is C19H27BrN2S. The van der Waals surface area contributed by atoms with Gasteiger partial charge < -0.3 is 10.2 Å². The van der Waals surface area contributed by atoms with Crippen LogP contribution in [0, 0.1) is 5.92 Å². The highest BCUT2D eigenvalue weighted by Gasteiger charge is 2.18. The minimum absolute atomic E-state index is 0.599. The van der Waals surface area contributed by atoms with Gasteiger partial charge in [0.15, 0.2) is 0 Å². The molecule has 1 aromatic rings. The van der Waals surface area contributed by atoms with Gasteiger partial charge in [-0.2, -0.15) is 0 Å². The summed E-state index contributed by atoms with van der Waals surface area (Å²) in [4.78, 5) is 2.33. The highest BCUT2D eigenvalue weighted by atomic mass is 79.9. The van der Waals surface area contributed by atoms with Crippen LogP contribution in [0.3, 0.4) is 0 Å². The van der Waals surface area contributed by atoms with Crippen molar-refractivity contribution < 1.29 is 0 Å². The molecule has 1 unspecified atom stereocenters. The van der Waals surface area contributed by atoms with Crippen LogP contribution in [-0.2, 0) is 6.54 Å². The van der Waals surface area contributed by atoms with E-state index in [1.165, 1.54) is 53.6 Å². The Labute approximate surface area is 153 Å². The molecule has 1 N–H and O–H groups in total. The minimum atomic E-state index is 0.599. The molecule has 0 radical (unpaired) electrons. The van der Waals surface area contributed by atoms with Gasteiger partial charge in [-0.25, -0.2) is 0 Å². The Balaban J connectivity index is 1.55. The van der Waals surface area contributed by atoms with Gasteiger partial charge in [-0.3, -0.25) is 0 Å². The fourth-order valence-corrected chi connectivity index (χ4v) is 4.93. The first-order valence-corrected chi connectivity index (χ1v) is 10.6. The van der Waals surface area contributed by atoms with Crippen LogP contribution in [0.4, 0.5) is 5.69 Å². The van der Waals surface area contributed by atoms with E-state index in [4.69, 9.17) is 0 Å². The molecule has 0 bridgehead atoms. The van der Waals surface area contributed by atoms with Crippen LogP contribution in [0.5, 0.6) is 0 Å². The predicted octanol–water partition coefficient (Wildman–Crippen LogP) is 5.84. The second-order valence-electron chi connectivity index (χ2n) is 6.83. The third-order valence-corrected chi connectivity index (χ3v) is 6.63. The number of nitrogens with one attached hydrogen (secondary N) is 1. The van der Waals surface area contributed by atoms with E-state index < -0.39 is 0 Å². The molecular weight excluding hydrogens is 368 g/mol. The highest BCUT2D eigenvalue weighted by molar-refractivity contribution is 9.14. The maximum absolute atomic E-state index is 3.76. The summed E-state index contributed by atoms with van der Waals surface area (Å²) in [7, 11) is 0. The fourth-order valence-electron chi connectivity index (χ4n) is 3.70. The van der Waals surface area contributed by atoms with Gasteiger partial charge in [-0.15, -0.1) is 0 Å². The quantitative estimate of drug-likeness (QED) is 0.652. The maximum Gasteiger partial charge on any atom is 0.0735 e. The van der Waals surface area contributed by atoms with Crippen LogP contribution < -0.4 is 10.2 Å². The lowest BCUT2D eigenvalue weighted by molar-refractivity contribution is 0.304. The monoisotopic (exact) mass is 394 g/mol. The van der Waals surface area contributed by atoms with Crippen molar-refractivity contribution in [2.75, 3.05) is 10.8 Å². The Morgan fingerprint density at radius 2 is 2.04 bits per heavy atom. The van der Waals surface area contributed by atoms with Crippen molar-refractivity contribution in [2.24, 2.45) is 5.92 Å². The number of thioether (sulfide) groups is 1. The number of para-hydroxylation sites is 1. The van der Waals surface area contributed by atoms with Gasteiger partial charge in [0.05, 0.1) is 9.69 Å². The average Bonchev–Trinajstić information content (AvgIpc) is 3.00. The van der Waals surface area contributed by atoms with Crippen LogP contribution in [0.1, 0.15) is 51.0 Å². The van der Waals surface area contributed by atoms with Crippen molar-refractivity contribution in [3.05, 3.63) is 39.8 Å². The van der Waals surface area contributed by atoms with Crippen molar-refractivity contribution in [2.45, 2.75) is 58.0 Å². The van der Waals surface area contributed by atoms with E-state index in [1.807, 2.05) is 11.8 Å². The SMILES string of the molecule is CC(CC1CCCCC1)NCc1ccccc1N1C=C(Br)SC1. The lowest BCUT2D eigenvalue weighted by atomic mass is 9.85. The van der Waals surface area contributed by atoms with Crippen LogP contribution in [0.25, 0.3) is 0 Å². The van der Waals surface area contributed by atoms with E-state index >= 15 is 0 Å². The zero-order chi connectivity index (χ0) is 16.1. The van der Waals surface area contributed by atoms with Gasteiger partial charge in [-0.1, -0.05) is 62.1 Å². The van der Waals surface area contributed by atoms with Gasteiger partial charge in [0.25, 0.3) is 0 Å². The smallest absolute Gasteiger partial charge is 0.0735 e. The van der Waals surface area contributed by atoms with Crippen molar-refractivity contribution in [3.8, 4) is 0 Å². The van der Waals surface area contributed by atoms with Crippen LogP contribution in [0.15, 0.2) is 34.3 Å². The zero-order valence-electron chi connectivity index (χ0n) is 13.9. The molecule has 0 aromatic heterocycles. The molecule has 1 heterocycles. The third-order valence-electron chi connectivity index (χ3n) is 4.95. The Bertz CT molecular complexity index is 540. The van der Waals surface area contributed by atoms with Gasteiger partial charge in [0.1, 0.15) is 0 Å². The Hall–Kier alpha value is -0.450. The van der Waals surface area contributed by atoms with Crippen LogP contribution in [-0.4, -0.2) is 11.9 Å². The largest absolute Gasteiger partial charge is 0.336 e. The Kier molecular flexibility index (Phi) is 6.49. The Morgan fingerprint density at radius 3 is 2.78 bits per heavy atom. The van der Waals surface area contributed by atoms with Gasteiger partial charge in [0.2, 0.25) is 0 Å². The molecule has 23 heavy (non-hydrogen) atoms. The number of benzene rings is 1. The summed E-state index contributed by atoms with van der Waals surface area (Å²) in [6.45, 7) is 3.30. The van der Waals surface area contributed by atoms with Crippen LogP contribution >= 0.6 is 27.7 Å². The van der Waals surface area contributed by atoms with E-state index in [-0.39, 0.29) is 0 Å². The number of nitrogens with zero attached hydrogens (tertiary/aromatic N) is 1. The molecule has 1 atom stereocenters. The summed E-state index contributed by atoms with van der Waals surface area (Å²) in [6.07, 6.45) is 10.7. The normalized spacial score (nSPS) is 20.6. The van der Waals surface area contributed by atoms with Gasteiger partial charge in [0, 0.05) is 24.5 Å². The molecule has 4 heteroatoms. The maximum atomic E-state index is 3.76. The summed E-state index contributed by atoms with van der Waals surface area (Å²) in [5, 5.41) is 3.76. The average molecular weight is 395 g/mol. The molecule has 0 spiro atoms. The van der Waals surface area contributed by atoms with E-state index in [9.17, 15) is 0 Å². The molecule has 2 nitrogen and oxygen atoms in total. The van der Waals surface area contributed by atoms with Crippen molar-refractivity contribution in [3.63, 3.8) is 0 Å². The summed E-state index contributed by atoms with van der Waals surface area (Å²) in [5.74, 6) is 1.94. The minimum Gasteiger partial charge on any atom is -0.336 e. The summed E-state index contributed by atoms with van der Waals surface area (Å²) >= 11 is 5.42. The zero-order valence-corrected chi connectivity index (χ0v) is 16.3. The molecule has 1 aliphatic heterocycles. The molecule has 3 rings (SSSR count). The second-order valence-corrected chi connectivity index (χ2v) is 9.19. The van der Waals surface area contributed by atoms with E-state index in [0.29, 0.717) is 6.04 Å². The van der Waals surface area contributed by atoms with E-state index in [2.05, 4.69) is 63.5 Å². The standard InChI is InChI=1S/C19H27BrN2S/c1-15(11-16-7-3-2-4-8-16)21-12-17-9-5-6-10-18(17)22-13-19(20)23-14-22/h5-6,9-10,13,15-16,21H,2-4,7-8,11-12,14H2,1H3. The summed E-state index contributed by atoms with van der Waals surface area (Å²) in [5.41, 5.74) is 2.72. The molecule has 2 aliphatic rings. The van der Waals surface area contributed by atoms with Crippen molar-refractivity contribution >= 4 is 33.4 Å².